The van der Waals surface area contributed by atoms with Gasteiger partial charge in [-0.3, -0.25) is 4.79 Å². The van der Waals surface area contributed by atoms with Crippen LogP contribution in [0.2, 0.25) is 0 Å². The third-order valence-corrected chi connectivity index (χ3v) is 4.51. The molecular weight excluding hydrogens is 303 g/mol. The van der Waals surface area contributed by atoms with Crippen molar-refractivity contribution in [3.63, 3.8) is 0 Å². The number of carbonyl (C=O) groups is 1. The smallest absolute Gasteiger partial charge is 0.399 e. The monoisotopic (exact) mass is 325 g/mol. The minimum atomic E-state index is -0.979. The molecule has 0 atom stereocenters. The average molecular weight is 325 g/mol. The van der Waals surface area contributed by atoms with E-state index in [1.165, 1.54) is 4.90 Å². The van der Waals surface area contributed by atoms with E-state index in [9.17, 15) is 13.6 Å². The van der Waals surface area contributed by atoms with Gasteiger partial charge in [-0.1, -0.05) is 0 Å². The first kappa shape index (κ1) is 17.9. The van der Waals surface area contributed by atoms with E-state index in [0.717, 1.165) is 12.1 Å². The van der Waals surface area contributed by atoms with Crippen molar-refractivity contribution in [1.82, 2.24) is 4.90 Å². The lowest BCUT2D eigenvalue weighted by Gasteiger charge is -2.32. The summed E-state index contributed by atoms with van der Waals surface area (Å²) < 4.78 is 40.1. The number of halogens is 2. The van der Waals surface area contributed by atoms with Gasteiger partial charge in [0.1, 0.15) is 11.6 Å². The molecule has 0 aromatic heterocycles. The average Bonchev–Trinajstić information content (AvgIpc) is 2.62. The van der Waals surface area contributed by atoms with E-state index >= 15 is 0 Å². The Balaban J connectivity index is 2.30. The Hall–Kier alpha value is -1.47. The van der Waals surface area contributed by atoms with Crippen LogP contribution in [0.4, 0.5) is 8.78 Å². The van der Waals surface area contributed by atoms with Gasteiger partial charge >= 0.3 is 7.12 Å². The third kappa shape index (κ3) is 3.40. The molecular formula is C16H22BF2NO3. The number of amides is 1. The van der Waals surface area contributed by atoms with Gasteiger partial charge in [0, 0.05) is 19.6 Å². The van der Waals surface area contributed by atoms with Crippen LogP contribution < -0.4 is 5.46 Å². The zero-order valence-electron chi connectivity index (χ0n) is 14.4. The van der Waals surface area contributed by atoms with Gasteiger partial charge in [0.05, 0.1) is 17.6 Å². The first-order valence-corrected chi connectivity index (χ1v) is 7.48. The van der Waals surface area contributed by atoms with E-state index in [4.69, 9.17) is 9.31 Å². The molecule has 0 saturated carbocycles. The molecule has 0 radical (unpaired) electrons. The Kier molecular flexibility index (Phi) is 4.56. The molecule has 0 N–H and O–H groups in total. The number of nitrogens with zero attached hydrogens (tertiary/aromatic N) is 1. The summed E-state index contributed by atoms with van der Waals surface area (Å²) in [7, 11) is 2.15. The summed E-state index contributed by atoms with van der Waals surface area (Å²) in [6.07, 6.45) is -0.195. The van der Waals surface area contributed by atoms with Crippen LogP contribution in [0.5, 0.6) is 0 Å². The first-order valence-electron chi connectivity index (χ1n) is 7.48. The van der Waals surface area contributed by atoms with E-state index in [1.807, 2.05) is 27.7 Å². The summed E-state index contributed by atoms with van der Waals surface area (Å²) in [5.74, 6) is -1.59. The Morgan fingerprint density at radius 2 is 1.61 bits per heavy atom. The highest BCUT2D eigenvalue weighted by molar-refractivity contribution is 6.62. The van der Waals surface area contributed by atoms with Crippen molar-refractivity contribution < 1.29 is 22.9 Å². The second-order valence-electron chi connectivity index (χ2n) is 7.02. The van der Waals surface area contributed by atoms with Gasteiger partial charge in [0.2, 0.25) is 5.91 Å². The maximum atomic E-state index is 14.4. The van der Waals surface area contributed by atoms with E-state index in [-0.39, 0.29) is 23.4 Å². The predicted octanol–water partition coefficient (Wildman–Crippen LogP) is 1.89. The lowest BCUT2D eigenvalue weighted by Crippen LogP contribution is -2.41. The standard InChI is InChI=1S/C16H22BF2NO3/c1-15(2)16(3,4)23-17(22-15)11-9-12(18)10(7-13(11)19)8-14(21)20(5)6/h7,9H,8H2,1-6H3. The molecule has 1 aliphatic heterocycles. The minimum absolute atomic E-state index is 0.00204. The van der Waals surface area contributed by atoms with Crippen LogP contribution in [-0.2, 0) is 20.5 Å². The fraction of sp³-hybridized carbons (Fsp3) is 0.562. The fourth-order valence-corrected chi connectivity index (χ4v) is 2.21. The van der Waals surface area contributed by atoms with Crippen molar-refractivity contribution >= 4 is 18.5 Å². The van der Waals surface area contributed by atoms with Crippen LogP contribution in [0.1, 0.15) is 33.3 Å². The summed E-state index contributed by atoms with van der Waals surface area (Å²) in [5.41, 5.74) is -1.26. The number of hydrogen-bond acceptors (Lipinski definition) is 3. The van der Waals surface area contributed by atoms with Crippen molar-refractivity contribution in [3.05, 3.63) is 29.3 Å². The van der Waals surface area contributed by atoms with Gasteiger partial charge in [0.25, 0.3) is 0 Å². The Labute approximate surface area is 135 Å². The van der Waals surface area contributed by atoms with Crippen molar-refractivity contribution in [1.29, 1.82) is 0 Å². The topological polar surface area (TPSA) is 38.8 Å². The molecule has 2 rings (SSSR count). The second-order valence-corrected chi connectivity index (χ2v) is 7.02. The highest BCUT2D eigenvalue weighted by Gasteiger charge is 2.52. The number of hydrogen-bond donors (Lipinski definition) is 0. The summed E-state index contributed by atoms with van der Waals surface area (Å²) in [4.78, 5) is 13.0. The van der Waals surface area contributed by atoms with Gasteiger partial charge in [-0.05, 0) is 45.4 Å². The summed E-state index contributed by atoms with van der Waals surface area (Å²) in [6, 6.07) is 2.09. The maximum Gasteiger partial charge on any atom is 0.497 e. The van der Waals surface area contributed by atoms with Crippen LogP contribution in [0.25, 0.3) is 0 Å². The number of rotatable bonds is 3. The van der Waals surface area contributed by atoms with Gasteiger partial charge in [-0.25, -0.2) is 8.78 Å². The molecule has 1 saturated heterocycles. The van der Waals surface area contributed by atoms with E-state index < -0.39 is 30.0 Å². The molecule has 1 heterocycles. The highest BCUT2D eigenvalue weighted by Crippen LogP contribution is 2.36. The lowest BCUT2D eigenvalue weighted by atomic mass is 9.78. The molecule has 0 unspecified atom stereocenters. The highest BCUT2D eigenvalue weighted by atomic mass is 19.1. The largest absolute Gasteiger partial charge is 0.497 e. The van der Waals surface area contributed by atoms with Gasteiger partial charge < -0.3 is 14.2 Å². The molecule has 1 aromatic carbocycles. The van der Waals surface area contributed by atoms with Crippen LogP contribution in [-0.4, -0.2) is 43.2 Å². The summed E-state index contributed by atoms with van der Waals surface area (Å²) >= 11 is 0. The van der Waals surface area contributed by atoms with E-state index in [2.05, 4.69) is 0 Å². The third-order valence-electron chi connectivity index (χ3n) is 4.51. The van der Waals surface area contributed by atoms with Crippen LogP contribution >= 0.6 is 0 Å². The minimum Gasteiger partial charge on any atom is -0.399 e. The normalized spacial score (nSPS) is 19.0. The zero-order valence-corrected chi connectivity index (χ0v) is 14.4. The van der Waals surface area contributed by atoms with E-state index in [0.29, 0.717) is 0 Å². The Morgan fingerprint density at radius 3 is 2.09 bits per heavy atom. The zero-order chi connectivity index (χ0) is 17.6. The first-order chi connectivity index (χ1) is 10.4. The van der Waals surface area contributed by atoms with Crippen molar-refractivity contribution in [2.24, 2.45) is 0 Å². The fourth-order valence-electron chi connectivity index (χ4n) is 2.21. The lowest BCUT2D eigenvalue weighted by molar-refractivity contribution is -0.128. The van der Waals surface area contributed by atoms with Gasteiger partial charge in [-0.2, -0.15) is 0 Å². The summed E-state index contributed by atoms with van der Waals surface area (Å²) in [5, 5.41) is 0. The molecule has 1 fully saturated rings. The molecule has 0 spiro atoms. The SMILES string of the molecule is CN(C)C(=O)Cc1cc(F)c(B2OC(C)(C)C(C)(C)O2)cc1F. The molecule has 126 valence electrons. The molecule has 0 bridgehead atoms. The number of carbonyl (C=O) groups excluding carboxylic acids is 1. The Morgan fingerprint density at radius 1 is 1.09 bits per heavy atom. The predicted molar refractivity (Wildman–Crippen MR) is 84.5 cm³/mol. The molecule has 0 aliphatic carbocycles. The van der Waals surface area contributed by atoms with Crippen molar-refractivity contribution in [2.75, 3.05) is 14.1 Å². The van der Waals surface area contributed by atoms with Crippen molar-refractivity contribution in [3.8, 4) is 0 Å². The number of benzene rings is 1. The second kappa shape index (κ2) is 5.87. The van der Waals surface area contributed by atoms with Crippen LogP contribution in [0.15, 0.2) is 12.1 Å². The Bertz CT molecular complexity index is 616. The quantitative estimate of drug-likeness (QED) is 0.797. The van der Waals surface area contributed by atoms with E-state index in [1.54, 1.807) is 14.1 Å². The number of likely N-dealkylation sites (N-methyl/N-ethyl adjacent to an activating group) is 1. The molecule has 4 nitrogen and oxygen atoms in total. The van der Waals surface area contributed by atoms with Crippen LogP contribution in [0.3, 0.4) is 0 Å². The maximum absolute atomic E-state index is 14.4. The molecule has 23 heavy (non-hydrogen) atoms. The van der Waals surface area contributed by atoms with Crippen LogP contribution in [0, 0.1) is 11.6 Å². The molecule has 1 aliphatic rings. The molecule has 1 amide bonds. The molecule has 1 aromatic rings. The van der Waals surface area contributed by atoms with Gasteiger partial charge in [0.15, 0.2) is 0 Å². The van der Waals surface area contributed by atoms with Crippen molar-refractivity contribution in [2.45, 2.75) is 45.3 Å². The summed E-state index contributed by atoms with van der Waals surface area (Å²) in [6.45, 7) is 7.35. The van der Waals surface area contributed by atoms with Gasteiger partial charge in [-0.15, -0.1) is 0 Å². The molecule has 7 heteroatoms.